The zero-order valence-corrected chi connectivity index (χ0v) is 16.4. The van der Waals surface area contributed by atoms with Gasteiger partial charge in [0, 0.05) is 29.4 Å². The van der Waals surface area contributed by atoms with Crippen LogP contribution in [0.1, 0.15) is 21.5 Å². The maximum absolute atomic E-state index is 14.5. The summed E-state index contributed by atoms with van der Waals surface area (Å²) in [6.45, 7) is -0.128. The van der Waals surface area contributed by atoms with Crippen LogP contribution < -0.4 is 20.1 Å². The quantitative estimate of drug-likeness (QED) is 0.586. The lowest BCUT2D eigenvalue weighted by Gasteiger charge is -2.12. The minimum absolute atomic E-state index is 0.0404. The highest BCUT2D eigenvalue weighted by atomic mass is 19.1. The molecule has 3 aromatic rings. The van der Waals surface area contributed by atoms with Crippen molar-refractivity contribution >= 4 is 17.5 Å². The van der Waals surface area contributed by atoms with Crippen molar-refractivity contribution in [3.63, 3.8) is 0 Å². The lowest BCUT2D eigenvalue weighted by molar-refractivity contribution is 0.0962. The van der Waals surface area contributed by atoms with E-state index in [0.29, 0.717) is 11.7 Å². The number of anilines is 2. The fourth-order valence-electron chi connectivity index (χ4n) is 2.58. The Morgan fingerprint density at radius 3 is 2.50 bits per heavy atom. The van der Waals surface area contributed by atoms with Crippen molar-refractivity contribution in [1.29, 1.82) is 0 Å². The molecule has 30 heavy (non-hydrogen) atoms. The molecule has 0 unspecified atom stereocenters. The molecule has 0 aliphatic rings. The number of ether oxygens (including phenoxy) is 2. The first-order valence-corrected chi connectivity index (χ1v) is 8.91. The van der Waals surface area contributed by atoms with Gasteiger partial charge in [0.05, 0.1) is 19.5 Å². The van der Waals surface area contributed by atoms with E-state index in [4.69, 9.17) is 15.9 Å². The number of rotatable bonds is 7. The summed E-state index contributed by atoms with van der Waals surface area (Å²) >= 11 is 0. The Labute approximate surface area is 173 Å². The molecule has 1 heterocycles. The number of amides is 1. The molecule has 2 aromatic carbocycles. The van der Waals surface area contributed by atoms with Crippen molar-refractivity contribution in [3.05, 3.63) is 71.3 Å². The SMILES string of the molecule is C#Cc1ccc(Nc2ncc(OCc3cc(C(=O)NC)cc(OC)c3F)cn2)cc1. The largest absolute Gasteiger partial charge is 0.494 e. The number of carbonyl (C=O) groups is 1. The molecule has 0 fully saturated rings. The third-order valence-electron chi connectivity index (χ3n) is 4.15. The standard InChI is InChI=1S/C22H19FN4O3/c1-4-14-5-7-17(8-6-14)27-22-25-11-18(12-26-22)30-13-16-9-15(21(28)24-2)10-19(29-3)20(16)23/h1,5-12H,13H2,2-3H3,(H,24,28)(H,25,26,27). The second kappa shape index (κ2) is 9.39. The van der Waals surface area contributed by atoms with Crippen molar-refractivity contribution in [1.82, 2.24) is 15.3 Å². The van der Waals surface area contributed by atoms with E-state index in [1.165, 1.54) is 38.7 Å². The smallest absolute Gasteiger partial charge is 0.251 e. The highest BCUT2D eigenvalue weighted by Gasteiger charge is 2.15. The normalized spacial score (nSPS) is 10.1. The second-order valence-electron chi connectivity index (χ2n) is 6.11. The molecular formula is C22H19FN4O3. The molecule has 2 N–H and O–H groups in total. The number of benzene rings is 2. The molecule has 152 valence electrons. The molecule has 0 aliphatic heterocycles. The van der Waals surface area contributed by atoms with Crippen LogP contribution in [0.4, 0.5) is 16.0 Å². The van der Waals surface area contributed by atoms with Crippen molar-refractivity contribution in [2.45, 2.75) is 6.61 Å². The zero-order chi connectivity index (χ0) is 21.5. The maximum Gasteiger partial charge on any atom is 0.251 e. The number of terminal acetylenes is 1. The van der Waals surface area contributed by atoms with Gasteiger partial charge in [-0.1, -0.05) is 5.92 Å². The molecule has 7 nitrogen and oxygen atoms in total. The Morgan fingerprint density at radius 2 is 1.90 bits per heavy atom. The van der Waals surface area contributed by atoms with Crippen LogP contribution in [-0.2, 0) is 6.61 Å². The van der Waals surface area contributed by atoms with Gasteiger partial charge in [0.2, 0.25) is 5.95 Å². The number of aromatic nitrogens is 2. The molecule has 3 rings (SSSR count). The summed E-state index contributed by atoms with van der Waals surface area (Å²) < 4.78 is 25.1. The fraction of sp³-hybridized carbons (Fsp3) is 0.136. The fourth-order valence-corrected chi connectivity index (χ4v) is 2.58. The van der Waals surface area contributed by atoms with Crippen molar-refractivity contribution in [2.24, 2.45) is 0 Å². The van der Waals surface area contributed by atoms with E-state index in [0.717, 1.165) is 11.3 Å². The predicted molar refractivity (Wildman–Crippen MR) is 110 cm³/mol. The molecule has 0 atom stereocenters. The van der Waals surface area contributed by atoms with Crippen LogP contribution in [0.3, 0.4) is 0 Å². The summed E-state index contributed by atoms with van der Waals surface area (Å²) in [6, 6.07) is 9.98. The molecular weight excluding hydrogens is 387 g/mol. The van der Waals surface area contributed by atoms with Crippen LogP contribution in [0.2, 0.25) is 0 Å². The first kappa shape index (κ1) is 20.6. The van der Waals surface area contributed by atoms with E-state index in [1.54, 1.807) is 12.1 Å². The number of hydrogen-bond donors (Lipinski definition) is 2. The van der Waals surface area contributed by atoms with Crippen LogP contribution in [0.5, 0.6) is 11.5 Å². The second-order valence-corrected chi connectivity index (χ2v) is 6.11. The number of nitrogens with zero attached hydrogens (tertiary/aromatic N) is 2. The van der Waals surface area contributed by atoms with Gasteiger partial charge in [0.1, 0.15) is 6.61 Å². The Hall–Kier alpha value is -4.12. The van der Waals surface area contributed by atoms with Crippen molar-refractivity contribution < 1.29 is 18.7 Å². The van der Waals surface area contributed by atoms with Crippen LogP contribution in [0.25, 0.3) is 0 Å². The van der Waals surface area contributed by atoms with Gasteiger partial charge < -0.3 is 20.1 Å². The Balaban J connectivity index is 1.68. The van der Waals surface area contributed by atoms with Crippen LogP contribution in [-0.4, -0.2) is 30.0 Å². The lowest BCUT2D eigenvalue weighted by Crippen LogP contribution is -2.18. The topological polar surface area (TPSA) is 85.4 Å². The summed E-state index contributed by atoms with van der Waals surface area (Å²) in [7, 11) is 2.82. The van der Waals surface area contributed by atoms with Crippen molar-refractivity contribution in [2.75, 3.05) is 19.5 Å². The van der Waals surface area contributed by atoms with E-state index in [-0.39, 0.29) is 29.4 Å². The summed E-state index contributed by atoms with van der Waals surface area (Å²) in [5.41, 5.74) is 1.99. The van der Waals surface area contributed by atoms with Gasteiger partial charge in [-0.2, -0.15) is 0 Å². The van der Waals surface area contributed by atoms with Gasteiger partial charge >= 0.3 is 0 Å². The van der Waals surface area contributed by atoms with Crippen LogP contribution in [0.15, 0.2) is 48.8 Å². The highest BCUT2D eigenvalue weighted by molar-refractivity contribution is 5.94. The molecule has 0 saturated heterocycles. The average molecular weight is 406 g/mol. The van der Waals surface area contributed by atoms with Gasteiger partial charge in [-0.3, -0.25) is 4.79 Å². The number of methoxy groups -OCH3 is 1. The first-order valence-electron chi connectivity index (χ1n) is 8.91. The van der Waals surface area contributed by atoms with Gasteiger partial charge in [0.15, 0.2) is 17.3 Å². The predicted octanol–water partition coefficient (Wildman–Crippen LogP) is 3.29. The van der Waals surface area contributed by atoms with E-state index in [9.17, 15) is 9.18 Å². The number of nitrogens with one attached hydrogen (secondary N) is 2. The molecule has 0 aliphatic carbocycles. The Kier molecular flexibility index (Phi) is 6.45. The highest BCUT2D eigenvalue weighted by Crippen LogP contribution is 2.24. The molecule has 0 spiro atoms. The molecule has 0 radical (unpaired) electrons. The third-order valence-corrected chi connectivity index (χ3v) is 4.15. The van der Waals surface area contributed by atoms with E-state index in [1.807, 2.05) is 12.1 Å². The summed E-state index contributed by atoms with van der Waals surface area (Å²) in [5.74, 6) is 2.25. The Bertz CT molecular complexity index is 1080. The summed E-state index contributed by atoms with van der Waals surface area (Å²) in [4.78, 5) is 20.2. The van der Waals surface area contributed by atoms with Crippen molar-refractivity contribution in [3.8, 4) is 23.8 Å². The number of carbonyl (C=O) groups excluding carboxylic acids is 1. The minimum atomic E-state index is -0.597. The average Bonchev–Trinajstić information content (AvgIpc) is 2.79. The van der Waals surface area contributed by atoms with Gasteiger partial charge in [-0.25, -0.2) is 14.4 Å². The number of hydrogen-bond acceptors (Lipinski definition) is 6. The molecule has 8 heteroatoms. The molecule has 1 amide bonds. The summed E-state index contributed by atoms with van der Waals surface area (Å²) in [5, 5.41) is 5.53. The van der Waals surface area contributed by atoms with E-state index >= 15 is 0 Å². The lowest BCUT2D eigenvalue weighted by atomic mass is 10.1. The Morgan fingerprint density at radius 1 is 1.20 bits per heavy atom. The first-order chi connectivity index (χ1) is 14.5. The van der Waals surface area contributed by atoms with Crippen LogP contribution >= 0.6 is 0 Å². The van der Waals surface area contributed by atoms with Gasteiger partial charge in [0.25, 0.3) is 5.91 Å². The van der Waals surface area contributed by atoms with Gasteiger partial charge in [-0.15, -0.1) is 6.42 Å². The molecule has 0 saturated carbocycles. The maximum atomic E-state index is 14.5. The van der Waals surface area contributed by atoms with E-state index in [2.05, 4.69) is 26.5 Å². The molecule has 1 aromatic heterocycles. The monoisotopic (exact) mass is 406 g/mol. The third kappa shape index (κ3) is 4.83. The van der Waals surface area contributed by atoms with E-state index < -0.39 is 5.82 Å². The van der Waals surface area contributed by atoms with Crippen LogP contribution in [0, 0.1) is 18.2 Å². The zero-order valence-electron chi connectivity index (χ0n) is 16.4. The van der Waals surface area contributed by atoms with Gasteiger partial charge in [-0.05, 0) is 36.4 Å². The summed E-state index contributed by atoms with van der Waals surface area (Å²) in [6.07, 6.45) is 8.26. The minimum Gasteiger partial charge on any atom is -0.494 e. The molecule has 0 bridgehead atoms. The number of halogens is 1.